The smallest absolute Gasteiger partial charge is 0.414 e. The summed E-state index contributed by atoms with van der Waals surface area (Å²) in [5.41, 5.74) is 3.12. The molecule has 1 N–H and O–H groups in total. The number of hydrogen-bond donors (Lipinski definition) is 1. The number of benzene rings is 2. The average molecular weight is 517 g/mol. The van der Waals surface area contributed by atoms with Gasteiger partial charge in [0.05, 0.1) is 36.3 Å². The van der Waals surface area contributed by atoms with E-state index >= 15 is 0 Å². The van der Waals surface area contributed by atoms with Crippen molar-refractivity contribution in [2.75, 3.05) is 48.4 Å². The lowest BCUT2D eigenvalue weighted by molar-refractivity contribution is -0.117. The van der Waals surface area contributed by atoms with Gasteiger partial charge < -0.3 is 14.4 Å². The molecule has 11 heteroatoms. The Bertz CT molecular complexity index is 1240. The number of hydrogen-bond acceptors (Lipinski definition) is 6. The lowest BCUT2D eigenvalue weighted by Crippen LogP contribution is -2.52. The second-order valence-electron chi connectivity index (χ2n) is 9.22. The second-order valence-corrected chi connectivity index (χ2v) is 11.1. The molecule has 10 nitrogen and oxygen atoms in total. The van der Waals surface area contributed by atoms with Crippen LogP contribution in [-0.2, 0) is 24.5 Å². The maximum atomic E-state index is 13.3. The molecule has 1 saturated heterocycles. The van der Waals surface area contributed by atoms with Crippen LogP contribution in [-0.4, -0.2) is 70.7 Å². The SMILES string of the molecule is CC(=O)N1c2ccc(-c3cccc(NS(=O)(=O)N(C)C)c3)cc2N(C(=O)OC2CCOCC2)CC1C. The van der Waals surface area contributed by atoms with Gasteiger partial charge in [-0.05, 0) is 42.3 Å². The van der Waals surface area contributed by atoms with Gasteiger partial charge in [-0.2, -0.15) is 12.7 Å². The molecule has 1 unspecified atom stereocenters. The minimum absolute atomic E-state index is 0.117. The lowest BCUT2D eigenvalue weighted by Gasteiger charge is -2.41. The number of amides is 2. The fourth-order valence-corrected chi connectivity index (χ4v) is 5.07. The van der Waals surface area contributed by atoms with Crippen molar-refractivity contribution in [3.8, 4) is 11.1 Å². The molecule has 0 aliphatic carbocycles. The van der Waals surface area contributed by atoms with Gasteiger partial charge in [-0.25, -0.2) is 4.79 Å². The number of ether oxygens (including phenoxy) is 2. The molecule has 2 amide bonds. The second kappa shape index (κ2) is 10.5. The van der Waals surface area contributed by atoms with E-state index in [2.05, 4.69) is 4.72 Å². The van der Waals surface area contributed by atoms with Crippen LogP contribution < -0.4 is 14.5 Å². The van der Waals surface area contributed by atoms with E-state index in [-0.39, 0.29) is 18.1 Å². The van der Waals surface area contributed by atoms with E-state index in [9.17, 15) is 18.0 Å². The predicted molar refractivity (Wildman–Crippen MR) is 138 cm³/mol. The molecule has 0 bridgehead atoms. The summed E-state index contributed by atoms with van der Waals surface area (Å²) in [4.78, 5) is 29.0. The van der Waals surface area contributed by atoms with Crippen LogP contribution in [0.5, 0.6) is 0 Å². The summed E-state index contributed by atoms with van der Waals surface area (Å²) < 4.78 is 39.3. The molecule has 4 rings (SSSR count). The molecule has 0 saturated carbocycles. The van der Waals surface area contributed by atoms with Crippen molar-refractivity contribution in [2.45, 2.75) is 38.8 Å². The highest BCUT2D eigenvalue weighted by atomic mass is 32.2. The highest BCUT2D eigenvalue weighted by Gasteiger charge is 2.35. The Morgan fingerprint density at radius 2 is 1.75 bits per heavy atom. The molecule has 36 heavy (non-hydrogen) atoms. The van der Waals surface area contributed by atoms with Crippen molar-refractivity contribution in [3.05, 3.63) is 42.5 Å². The van der Waals surface area contributed by atoms with Crippen molar-refractivity contribution < 1.29 is 27.5 Å². The molecule has 2 aliphatic heterocycles. The number of carbonyl (C=O) groups is 2. The van der Waals surface area contributed by atoms with Crippen LogP contribution in [0.15, 0.2) is 42.5 Å². The van der Waals surface area contributed by atoms with Crippen molar-refractivity contribution in [2.24, 2.45) is 0 Å². The van der Waals surface area contributed by atoms with Crippen LogP contribution in [0.3, 0.4) is 0 Å². The van der Waals surface area contributed by atoms with Gasteiger partial charge in [-0.3, -0.25) is 14.4 Å². The zero-order valence-electron chi connectivity index (χ0n) is 20.9. The maximum Gasteiger partial charge on any atom is 0.414 e. The largest absolute Gasteiger partial charge is 0.446 e. The van der Waals surface area contributed by atoms with Gasteiger partial charge >= 0.3 is 16.3 Å². The Morgan fingerprint density at radius 3 is 2.42 bits per heavy atom. The average Bonchev–Trinajstić information content (AvgIpc) is 2.83. The fourth-order valence-electron chi connectivity index (χ4n) is 4.46. The predicted octanol–water partition coefficient (Wildman–Crippen LogP) is 3.45. The summed E-state index contributed by atoms with van der Waals surface area (Å²) in [6.45, 7) is 4.81. The molecular formula is C25H32N4O6S. The molecule has 0 aromatic heterocycles. The molecule has 194 valence electrons. The lowest BCUT2D eigenvalue weighted by atomic mass is 10.0. The topological polar surface area (TPSA) is 108 Å². The van der Waals surface area contributed by atoms with Crippen LogP contribution in [0.1, 0.15) is 26.7 Å². The number of nitrogens with one attached hydrogen (secondary N) is 1. The van der Waals surface area contributed by atoms with E-state index in [1.54, 1.807) is 28.0 Å². The molecule has 2 aromatic rings. The van der Waals surface area contributed by atoms with Crippen LogP contribution in [0, 0.1) is 0 Å². The van der Waals surface area contributed by atoms with E-state index in [0.29, 0.717) is 49.7 Å². The summed E-state index contributed by atoms with van der Waals surface area (Å²) in [5, 5.41) is 0. The Kier molecular flexibility index (Phi) is 7.53. The zero-order valence-corrected chi connectivity index (χ0v) is 21.7. The first-order valence-electron chi connectivity index (χ1n) is 11.9. The fraction of sp³-hybridized carbons (Fsp3) is 0.440. The van der Waals surface area contributed by atoms with E-state index in [1.165, 1.54) is 21.0 Å². The molecular weight excluding hydrogens is 484 g/mol. The summed E-state index contributed by atoms with van der Waals surface area (Å²) in [5.74, 6) is -0.117. The van der Waals surface area contributed by atoms with Gasteiger partial charge in [0.1, 0.15) is 6.10 Å². The van der Waals surface area contributed by atoms with Gasteiger partial charge in [0, 0.05) is 40.4 Å². The van der Waals surface area contributed by atoms with E-state index in [4.69, 9.17) is 9.47 Å². The van der Waals surface area contributed by atoms with Gasteiger partial charge in [-0.1, -0.05) is 18.2 Å². The Balaban J connectivity index is 1.69. The first kappa shape index (κ1) is 25.9. The van der Waals surface area contributed by atoms with Crippen molar-refractivity contribution >= 4 is 39.3 Å². The molecule has 0 radical (unpaired) electrons. The normalized spacial score (nSPS) is 18.6. The minimum Gasteiger partial charge on any atom is -0.446 e. The van der Waals surface area contributed by atoms with Crippen LogP contribution >= 0.6 is 0 Å². The van der Waals surface area contributed by atoms with Crippen molar-refractivity contribution in [1.82, 2.24) is 4.31 Å². The molecule has 2 heterocycles. The summed E-state index contributed by atoms with van der Waals surface area (Å²) in [6.07, 6.45) is 0.636. The summed E-state index contributed by atoms with van der Waals surface area (Å²) >= 11 is 0. The third-order valence-electron chi connectivity index (χ3n) is 6.33. The highest BCUT2D eigenvalue weighted by Crippen LogP contribution is 2.39. The van der Waals surface area contributed by atoms with Crippen molar-refractivity contribution in [3.63, 3.8) is 0 Å². The van der Waals surface area contributed by atoms with E-state index in [1.807, 2.05) is 31.2 Å². The quantitative estimate of drug-likeness (QED) is 0.652. The van der Waals surface area contributed by atoms with E-state index < -0.39 is 16.3 Å². The van der Waals surface area contributed by atoms with Crippen LogP contribution in [0.2, 0.25) is 0 Å². The third kappa shape index (κ3) is 5.48. The number of nitrogens with zero attached hydrogens (tertiary/aromatic N) is 3. The van der Waals surface area contributed by atoms with Gasteiger partial charge in [0.15, 0.2) is 0 Å². The van der Waals surface area contributed by atoms with Gasteiger partial charge in [0.2, 0.25) is 5.91 Å². The molecule has 1 fully saturated rings. The molecule has 1 atom stereocenters. The highest BCUT2D eigenvalue weighted by molar-refractivity contribution is 7.90. The zero-order chi connectivity index (χ0) is 26.0. The monoisotopic (exact) mass is 516 g/mol. The Hall–Kier alpha value is -3.15. The molecule has 2 aromatic carbocycles. The molecule has 2 aliphatic rings. The number of anilines is 3. The standard InChI is InChI=1S/C25H32N4O6S/c1-17-16-28(25(31)35-22-10-12-34-13-11-22)24-15-20(8-9-23(24)29(17)18(2)30)19-6-5-7-21(14-19)26-36(32,33)27(3)4/h5-9,14-15,17,22,26H,10-13,16H2,1-4H3. The Morgan fingerprint density at radius 1 is 1.06 bits per heavy atom. The first-order chi connectivity index (χ1) is 17.1. The van der Waals surface area contributed by atoms with Crippen LogP contribution in [0.4, 0.5) is 21.9 Å². The molecule has 0 spiro atoms. The van der Waals surface area contributed by atoms with E-state index in [0.717, 1.165) is 15.4 Å². The Labute approximate surface area is 211 Å². The first-order valence-corrected chi connectivity index (χ1v) is 13.3. The van der Waals surface area contributed by atoms with Gasteiger partial charge in [-0.15, -0.1) is 0 Å². The van der Waals surface area contributed by atoms with Crippen molar-refractivity contribution in [1.29, 1.82) is 0 Å². The number of fused-ring (bicyclic) bond motifs is 1. The number of carbonyl (C=O) groups excluding carboxylic acids is 2. The summed E-state index contributed by atoms with van der Waals surface area (Å²) in [6, 6.07) is 12.3. The van der Waals surface area contributed by atoms with Gasteiger partial charge in [0.25, 0.3) is 0 Å². The maximum absolute atomic E-state index is 13.3. The minimum atomic E-state index is -3.66. The summed E-state index contributed by atoms with van der Waals surface area (Å²) in [7, 11) is -0.761. The van der Waals surface area contributed by atoms with Crippen LogP contribution in [0.25, 0.3) is 11.1 Å². The third-order valence-corrected chi connectivity index (χ3v) is 7.79. The number of rotatable bonds is 5.